The maximum Gasteiger partial charge on any atom is 0.351 e. The van der Waals surface area contributed by atoms with Crippen molar-refractivity contribution in [2.24, 2.45) is 0 Å². The summed E-state index contributed by atoms with van der Waals surface area (Å²) in [5.41, 5.74) is 7.22. The summed E-state index contributed by atoms with van der Waals surface area (Å²) in [6.45, 7) is 11.2. The topological polar surface area (TPSA) is 353 Å². The number of rotatable bonds is 13. The average molecular weight is 1150 g/mol. The molecule has 0 radical (unpaired) electrons. The van der Waals surface area contributed by atoms with E-state index >= 15 is 0 Å². The summed E-state index contributed by atoms with van der Waals surface area (Å²) in [5.74, 6) is 0.254. The van der Waals surface area contributed by atoms with E-state index in [2.05, 4.69) is 20.3 Å². The molecule has 11 rings (SSSR count). The van der Waals surface area contributed by atoms with Crippen LogP contribution in [0.25, 0.3) is 0 Å². The molecule has 3 aromatic heterocycles. The second-order valence-electron chi connectivity index (χ2n) is 22.0. The maximum atomic E-state index is 13.7. The molecule has 446 valence electrons. The zero-order valence-electron chi connectivity index (χ0n) is 47.3. The zero-order chi connectivity index (χ0) is 60.0. The van der Waals surface area contributed by atoms with Crippen molar-refractivity contribution in [1.82, 2.24) is 28.7 Å². The molecule has 12 atom stereocenters. The number of hydrogen-bond donors (Lipinski definition) is 8. The van der Waals surface area contributed by atoms with Gasteiger partial charge in [0, 0.05) is 18.6 Å². The molecule has 8 heterocycles. The lowest BCUT2D eigenvalue weighted by Gasteiger charge is -2.37. The fraction of sp³-hybridized carbons (Fsp3) is 0.474. The molecule has 5 saturated heterocycles. The number of nitrogens with one attached hydrogen (secondary N) is 1. The van der Waals surface area contributed by atoms with Crippen LogP contribution in [0.3, 0.4) is 0 Å². The van der Waals surface area contributed by atoms with E-state index in [1.165, 1.54) is 40.6 Å². The van der Waals surface area contributed by atoms with Crippen LogP contribution in [0.5, 0.6) is 11.5 Å². The Morgan fingerprint density at radius 2 is 0.940 bits per heavy atom. The van der Waals surface area contributed by atoms with Crippen molar-refractivity contribution in [3.05, 3.63) is 164 Å². The first-order chi connectivity index (χ1) is 39.3. The molecule has 3 aromatic carbocycles. The van der Waals surface area contributed by atoms with Crippen molar-refractivity contribution < 1.29 is 68.2 Å². The van der Waals surface area contributed by atoms with Crippen molar-refractivity contribution >= 4 is 17.5 Å². The fourth-order valence-corrected chi connectivity index (χ4v) is 11.6. The quantitative estimate of drug-likeness (QED) is 0.0766. The van der Waals surface area contributed by atoms with E-state index in [9.17, 15) is 34.8 Å². The van der Waals surface area contributed by atoms with Gasteiger partial charge in [-0.3, -0.25) is 13.7 Å². The lowest BCUT2D eigenvalue weighted by atomic mass is 9.77. The second-order valence-corrected chi connectivity index (χ2v) is 22.0. The summed E-state index contributed by atoms with van der Waals surface area (Å²) in [4.78, 5) is 49.1. The lowest BCUT2D eigenvalue weighted by molar-refractivity contribution is -0.218. The Morgan fingerprint density at radius 1 is 0.554 bits per heavy atom. The molecule has 0 aliphatic carbocycles. The van der Waals surface area contributed by atoms with Crippen LogP contribution in [-0.2, 0) is 38.7 Å². The molecule has 5 aliphatic rings. The number of anilines is 3. The molecule has 0 spiro atoms. The van der Waals surface area contributed by atoms with Crippen LogP contribution in [0.4, 0.5) is 17.5 Å². The molecule has 0 amide bonds. The van der Waals surface area contributed by atoms with Gasteiger partial charge in [-0.2, -0.15) is 15.0 Å². The van der Waals surface area contributed by atoms with Gasteiger partial charge in [0.25, 0.3) is 0 Å². The molecule has 6 aromatic rings. The number of hydrogen-bond acceptors (Lipinski definition) is 23. The van der Waals surface area contributed by atoms with E-state index in [4.69, 9.17) is 59.2 Å². The highest BCUT2D eigenvalue weighted by Crippen LogP contribution is 2.52. The van der Waals surface area contributed by atoms with E-state index in [1.807, 2.05) is 85.8 Å². The Hall–Kier alpha value is -7.18. The monoisotopic (exact) mass is 1150 g/mol. The molecule has 5 fully saturated rings. The first-order valence-corrected chi connectivity index (χ1v) is 26.6. The van der Waals surface area contributed by atoms with Crippen LogP contribution >= 0.6 is 0 Å². The lowest BCUT2D eigenvalue weighted by Crippen LogP contribution is -2.46. The highest BCUT2D eigenvalue weighted by atomic mass is 16.8. The molecular formula is C57H71N9O17. The Labute approximate surface area is 476 Å². The first-order valence-electron chi connectivity index (χ1n) is 26.6. The maximum absolute atomic E-state index is 13.7. The molecule has 10 N–H and O–H groups in total. The van der Waals surface area contributed by atoms with Gasteiger partial charge in [0.1, 0.15) is 87.9 Å². The van der Waals surface area contributed by atoms with Gasteiger partial charge >= 0.3 is 17.1 Å². The van der Waals surface area contributed by atoms with Crippen molar-refractivity contribution in [3.63, 3.8) is 0 Å². The number of nitrogens with zero attached hydrogens (tertiary/aromatic N) is 6. The van der Waals surface area contributed by atoms with Crippen molar-refractivity contribution in [2.45, 2.75) is 138 Å². The third kappa shape index (κ3) is 11.4. The van der Waals surface area contributed by atoms with Gasteiger partial charge in [0.2, 0.25) is 0 Å². The Kier molecular flexibility index (Phi) is 16.8. The van der Waals surface area contributed by atoms with Crippen LogP contribution in [0.1, 0.15) is 83.8 Å². The summed E-state index contributed by atoms with van der Waals surface area (Å²) in [5, 5.41) is 52.1. The molecule has 83 heavy (non-hydrogen) atoms. The number of aliphatic hydroxyl groups is 5. The Bertz CT molecular complexity index is 3370. The van der Waals surface area contributed by atoms with E-state index in [0.29, 0.717) is 5.82 Å². The summed E-state index contributed by atoms with van der Waals surface area (Å²) in [7, 11) is 3.26. The third-order valence-electron chi connectivity index (χ3n) is 15.3. The molecule has 0 bridgehead atoms. The smallest absolute Gasteiger partial charge is 0.351 e. The van der Waals surface area contributed by atoms with Crippen molar-refractivity contribution in [1.29, 1.82) is 0 Å². The molecule has 3 unspecified atom stereocenters. The van der Waals surface area contributed by atoms with Gasteiger partial charge in [0.15, 0.2) is 30.3 Å². The molecule has 0 saturated carbocycles. The van der Waals surface area contributed by atoms with Crippen LogP contribution in [0, 0.1) is 0 Å². The predicted molar refractivity (Wildman–Crippen MR) is 297 cm³/mol. The van der Waals surface area contributed by atoms with Crippen LogP contribution in [0.15, 0.2) is 130 Å². The molecule has 26 nitrogen and oxygen atoms in total. The van der Waals surface area contributed by atoms with Gasteiger partial charge in [-0.25, -0.2) is 14.4 Å². The van der Waals surface area contributed by atoms with Gasteiger partial charge in [0.05, 0.1) is 34.0 Å². The molecule has 5 aliphatic heterocycles. The molecule has 26 heteroatoms. The minimum atomic E-state index is -1.71. The number of ether oxygens (including phenoxy) is 9. The second kappa shape index (κ2) is 23.1. The zero-order valence-corrected chi connectivity index (χ0v) is 47.3. The van der Waals surface area contributed by atoms with Gasteiger partial charge in [-0.05, 0) is 108 Å². The van der Waals surface area contributed by atoms with Gasteiger partial charge < -0.3 is 84.9 Å². The number of aliphatic hydroxyl groups excluding tert-OH is 4. The number of methoxy groups -OCH3 is 2. The van der Waals surface area contributed by atoms with Gasteiger partial charge in [-0.15, -0.1) is 0 Å². The first kappa shape index (κ1) is 60.4. The van der Waals surface area contributed by atoms with E-state index < -0.39 is 113 Å². The number of benzene rings is 3. The minimum absolute atomic E-state index is 0.0492. The average Bonchev–Trinajstić information content (AvgIpc) is 3.56. The van der Waals surface area contributed by atoms with Crippen LogP contribution in [-0.4, -0.2) is 153 Å². The van der Waals surface area contributed by atoms with Crippen molar-refractivity contribution in [3.8, 4) is 11.5 Å². The third-order valence-corrected chi connectivity index (χ3v) is 15.3. The highest BCUT2D eigenvalue weighted by molar-refractivity contribution is 5.59. The standard InChI is InChI=1S/C34H37N3O7.C13H19N3O5.C10H15N3O5/c1-32(2)43-29-27(21-38)42-30(33(29,3)44-32)37-20-19-28(35-31(37)39)36-34(22-9-7-6-8-10-22,23-11-15-25(40-4)16-12-23)24-13-17-26(41-5)18-14-24;1-12(2)20-9-7(6-17)19-10(13(9,3)21-12)16-5-4-8(14)15-11(16)18;1-10(17)7(15)5(4-14)18-8(10)13-3-2-6(11)12-9(13)16/h6-20,27,29-30,38H,21H2,1-5H3,(H,35,36,39);4-5,7,9-10,17H,6H2,1-3H3,(H2,14,15,18);2-3,5,7-8,14-15,17H,4H2,1H3,(H2,11,12,16)/t27-,29?,30-,33+;7-,9?,10-,13+;5-,7?,8-,10+/m111/s1. The summed E-state index contributed by atoms with van der Waals surface area (Å²) in [6, 6.07) is 30.2. The number of fused-ring (bicyclic) bond motifs is 2. The minimum Gasteiger partial charge on any atom is -0.497 e. The van der Waals surface area contributed by atoms with Gasteiger partial charge in [-0.1, -0.05) is 54.6 Å². The Balaban J connectivity index is 0.000000175. The summed E-state index contributed by atoms with van der Waals surface area (Å²) < 4.78 is 55.9. The number of aromatic nitrogens is 6. The Morgan fingerprint density at radius 3 is 1.33 bits per heavy atom. The normalized spacial score (nSPS) is 30.1. The van der Waals surface area contributed by atoms with Crippen LogP contribution < -0.4 is 43.3 Å². The molecular weight excluding hydrogens is 1080 g/mol. The van der Waals surface area contributed by atoms with E-state index in [0.717, 1.165) is 32.8 Å². The largest absolute Gasteiger partial charge is 0.497 e. The predicted octanol–water partition coefficient (Wildman–Crippen LogP) is 1.92. The van der Waals surface area contributed by atoms with E-state index in [-0.39, 0.29) is 24.8 Å². The summed E-state index contributed by atoms with van der Waals surface area (Å²) in [6.07, 6.45) is -2.83. The van der Waals surface area contributed by atoms with Crippen molar-refractivity contribution in [2.75, 3.05) is 50.8 Å². The summed E-state index contributed by atoms with van der Waals surface area (Å²) >= 11 is 0. The number of nitrogen functional groups attached to an aromatic ring is 2. The highest BCUT2D eigenvalue weighted by Gasteiger charge is 2.65. The SMILES string of the molecule is CC1(C)OC2[C@@H](CO)O[C@@H](n3ccc(N)nc3=O)[C@@]2(C)O1.COc1ccc(C(Nc2ccn([C@@H]3O[C@H](CO)C4OC(C)(C)O[C@@]43C)c(=O)n2)(c2ccccc2)c2ccc(OC)cc2)cc1.C[C@]1(O)C(O)[C@@H](CO)O[C@H]1n1ccc(N)nc1=O. The van der Waals surface area contributed by atoms with E-state index in [1.54, 1.807) is 61.1 Å². The van der Waals surface area contributed by atoms with Crippen LogP contribution in [0.2, 0.25) is 0 Å². The fourth-order valence-electron chi connectivity index (χ4n) is 11.6. The number of nitrogens with two attached hydrogens (primary N) is 2.